The van der Waals surface area contributed by atoms with Crippen LogP contribution in [0.4, 0.5) is 18.9 Å². The van der Waals surface area contributed by atoms with Gasteiger partial charge in [-0.25, -0.2) is 0 Å². The summed E-state index contributed by atoms with van der Waals surface area (Å²) in [5, 5.41) is 5.32. The average Bonchev–Trinajstić information content (AvgIpc) is 2.49. The number of piperidine rings is 1. The van der Waals surface area contributed by atoms with Crippen molar-refractivity contribution in [2.24, 2.45) is 5.41 Å². The largest absolute Gasteiger partial charge is 0.417 e. The number of nitrogens with one attached hydrogen (secondary N) is 2. The summed E-state index contributed by atoms with van der Waals surface area (Å²) in [5.74, 6) is -0.337. The normalized spacial score (nSPS) is 17.0. The molecule has 0 radical (unpaired) electrons. The average molecular weight is 387 g/mol. The summed E-state index contributed by atoms with van der Waals surface area (Å²) in [4.78, 5) is 12.6. The Labute approximate surface area is 149 Å². The number of ether oxygens (including phenoxy) is 1. The Hall–Kier alpha value is -1.02. The van der Waals surface area contributed by atoms with Crippen molar-refractivity contribution in [3.05, 3.63) is 28.8 Å². The van der Waals surface area contributed by atoms with Gasteiger partial charge in [0, 0.05) is 12.8 Å². The number of benzene rings is 1. The number of anilines is 1. The molecule has 0 atom stereocenters. The second-order valence-electron chi connectivity index (χ2n) is 5.61. The van der Waals surface area contributed by atoms with E-state index in [4.69, 9.17) is 16.3 Å². The van der Waals surface area contributed by atoms with Crippen LogP contribution in [0.15, 0.2) is 18.2 Å². The van der Waals surface area contributed by atoms with Crippen LogP contribution in [0.25, 0.3) is 0 Å². The first kappa shape index (κ1) is 21.0. The minimum Gasteiger partial charge on any atom is -0.384 e. The first-order valence-corrected chi connectivity index (χ1v) is 7.54. The molecule has 0 spiro atoms. The summed E-state index contributed by atoms with van der Waals surface area (Å²) < 4.78 is 43.8. The van der Waals surface area contributed by atoms with Gasteiger partial charge in [0.1, 0.15) is 0 Å². The van der Waals surface area contributed by atoms with Crippen LogP contribution in [0.2, 0.25) is 5.02 Å². The van der Waals surface area contributed by atoms with E-state index < -0.39 is 22.2 Å². The topological polar surface area (TPSA) is 50.4 Å². The maximum absolute atomic E-state index is 12.9. The smallest absolute Gasteiger partial charge is 0.384 e. The number of amides is 1. The van der Waals surface area contributed by atoms with E-state index in [9.17, 15) is 18.0 Å². The maximum atomic E-state index is 12.9. The quantitative estimate of drug-likeness (QED) is 0.828. The Morgan fingerprint density at radius 2 is 2.00 bits per heavy atom. The number of halogens is 5. The molecule has 0 bridgehead atoms. The number of carbonyl (C=O) groups is 1. The molecule has 136 valence electrons. The van der Waals surface area contributed by atoms with E-state index in [1.54, 1.807) is 0 Å². The molecule has 4 nitrogen and oxygen atoms in total. The Morgan fingerprint density at radius 1 is 1.38 bits per heavy atom. The van der Waals surface area contributed by atoms with Gasteiger partial charge in [-0.15, -0.1) is 12.4 Å². The highest BCUT2D eigenvalue weighted by atomic mass is 35.5. The highest BCUT2D eigenvalue weighted by molar-refractivity contribution is 6.31. The zero-order chi connectivity index (χ0) is 17.1. The van der Waals surface area contributed by atoms with Gasteiger partial charge in [0.05, 0.1) is 22.6 Å². The molecule has 1 saturated heterocycles. The van der Waals surface area contributed by atoms with Gasteiger partial charge in [0.2, 0.25) is 5.91 Å². The SMILES string of the molecule is COCC1(C(=O)Nc2ccc(Cl)c(C(F)(F)F)c2)CCNCC1.Cl. The molecule has 1 aromatic carbocycles. The lowest BCUT2D eigenvalue weighted by Crippen LogP contribution is -2.47. The molecule has 1 aliphatic rings. The van der Waals surface area contributed by atoms with Gasteiger partial charge in [-0.2, -0.15) is 13.2 Å². The maximum Gasteiger partial charge on any atom is 0.417 e. The zero-order valence-corrected chi connectivity index (χ0v) is 14.6. The minimum atomic E-state index is -4.57. The molecule has 1 amide bonds. The molecule has 1 fully saturated rings. The molecule has 1 aromatic rings. The fraction of sp³-hybridized carbons (Fsp3) is 0.533. The summed E-state index contributed by atoms with van der Waals surface area (Å²) in [7, 11) is 1.50. The molecule has 2 N–H and O–H groups in total. The third-order valence-corrected chi connectivity index (χ3v) is 4.32. The van der Waals surface area contributed by atoms with Gasteiger partial charge in [0.15, 0.2) is 0 Å². The molecule has 0 unspecified atom stereocenters. The summed E-state index contributed by atoms with van der Waals surface area (Å²) in [6.45, 7) is 1.54. The predicted molar refractivity (Wildman–Crippen MR) is 88.7 cm³/mol. The Bertz CT molecular complexity index is 571. The first-order valence-electron chi connectivity index (χ1n) is 7.16. The lowest BCUT2D eigenvalue weighted by atomic mass is 9.78. The molecular weight excluding hydrogens is 368 g/mol. The van der Waals surface area contributed by atoms with Crippen molar-refractivity contribution in [2.45, 2.75) is 19.0 Å². The summed E-state index contributed by atoms with van der Waals surface area (Å²) in [5.41, 5.74) is -1.64. The second-order valence-corrected chi connectivity index (χ2v) is 6.02. The number of hydrogen-bond acceptors (Lipinski definition) is 3. The van der Waals surface area contributed by atoms with Gasteiger partial charge in [-0.1, -0.05) is 11.6 Å². The Balaban J connectivity index is 0.00000288. The van der Waals surface area contributed by atoms with Crippen LogP contribution in [0.3, 0.4) is 0 Å². The molecule has 9 heteroatoms. The van der Waals surface area contributed by atoms with Crippen molar-refractivity contribution in [3.63, 3.8) is 0 Å². The summed E-state index contributed by atoms with van der Waals surface area (Å²) in [6.07, 6.45) is -3.45. The van der Waals surface area contributed by atoms with Crippen molar-refractivity contribution in [1.82, 2.24) is 5.32 Å². The van der Waals surface area contributed by atoms with Gasteiger partial charge in [0.25, 0.3) is 0 Å². The van der Waals surface area contributed by atoms with E-state index in [1.165, 1.54) is 13.2 Å². The lowest BCUT2D eigenvalue weighted by molar-refractivity contribution is -0.137. The minimum absolute atomic E-state index is 0. The Kier molecular flexibility index (Phi) is 7.34. The Morgan fingerprint density at radius 3 is 2.54 bits per heavy atom. The van der Waals surface area contributed by atoms with Crippen molar-refractivity contribution in [2.75, 3.05) is 32.1 Å². The predicted octanol–water partition coefficient (Wildman–Crippen LogP) is 3.74. The van der Waals surface area contributed by atoms with Crippen LogP contribution >= 0.6 is 24.0 Å². The third-order valence-electron chi connectivity index (χ3n) is 3.99. The molecular formula is C15H19Cl2F3N2O2. The molecule has 2 rings (SSSR count). The van der Waals surface area contributed by atoms with Crippen LogP contribution in [0, 0.1) is 5.41 Å². The van der Waals surface area contributed by atoms with Gasteiger partial charge in [-0.05, 0) is 44.1 Å². The van der Waals surface area contributed by atoms with Crippen LogP contribution in [-0.2, 0) is 15.7 Å². The van der Waals surface area contributed by atoms with E-state index >= 15 is 0 Å². The van der Waals surface area contributed by atoms with Crippen molar-refractivity contribution in [1.29, 1.82) is 0 Å². The van der Waals surface area contributed by atoms with Crippen LogP contribution in [-0.4, -0.2) is 32.7 Å². The number of hydrogen-bond donors (Lipinski definition) is 2. The number of alkyl halides is 3. The first-order chi connectivity index (χ1) is 10.8. The second kappa shape index (κ2) is 8.38. The van der Waals surface area contributed by atoms with Crippen molar-refractivity contribution < 1.29 is 22.7 Å². The van der Waals surface area contributed by atoms with E-state index in [0.29, 0.717) is 25.9 Å². The fourth-order valence-electron chi connectivity index (χ4n) is 2.70. The number of carbonyl (C=O) groups excluding carboxylic acids is 1. The monoisotopic (exact) mass is 386 g/mol. The summed E-state index contributed by atoms with van der Waals surface area (Å²) in [6, 6.07) is 3.34. The van der Waals surface area contributed by atoms with E-state index in [0.717, 1.165) is 12.1 Å². The third kappa shape index (κ3) is 4.75. The van der Waals surface area contributed by atoms with E-state index in [-0.39, 0.29) is 30.6 Å². The highest BCUT2D eigenvalue weighted by Crippen LogP contribution is 2.37. The van der Waals surface area contributed by atoms with E-state index in [1.807, 2.05) is 0 Å². The van der Waals surface area contributed by atoms with Crippen LogP contribution in [0.5, 0.6) is 0 Å². The highest BCUT2D eigenvalue weighted by Gasteiger charge is 2.40. The fourth-order valence-corrected chi connectivity index (χ4v) is 2.93. The van der Waals surface area contributed by atoms with Gasteiger partial charge >= 0.3 is 6.18 Å². The van der Waals surface area contributed by atoms with Crippen LogP contribution in [0.1, 0.15) is 18.4 Å². The molecule has 0 aromatic heterocycles. The molecule has 24 heavy (non-hydrogen) atoms. The molecule has 1 heterocycles. The van der Waals surface area contributed by atoms with Gasteiger partial charge < -0.3 is 15.4 Å². The molecule has 1 aliphatic heterocycles. The number of rotatable bonds is 4. The standard InChI is InChI=1S/C15H18ClF3N2O2.ClH/c1-23-9-14(4-6-20-7-5-14)13(22)21-10-2-3-12(16)11(8-10)15(17,18)19;/h2-3,8,20H,4-7,9H2,1H3,(H,21,22);1H. The lowest BCUT2D eigenvalue weighted by Gasteiger charge is -2.35. The van der Waals surface area contributed by atoms with Crippen LogP contribution < -0.4 is 10.6 Å². The summed E-state index contributed by atoms with van der Waals surface area (Å²) >= 11 is 5.58. The molecule has 0 aliphatic carbocycles. The molecule has 0 saturated carbocycles. The zero-order valence-electron chi connectivity index (χ0n) is 13.0. The van der Waals surface area contributed by atoms with Crippen molar-refractivity contribution >= 4 is 35.6 Å². The van der Waals surface area contributed by atoms with Gasteiger partial charge in [-0.3, -0.25) is 4.79 Å². The van der Waals surface area contributed by atoms with E-state index in [2.05, 4.69) is 10.6 Å². The number of methoxy groups -OCH3 is 1. The van der Waals surface area contributed by atoms with Crippen molar-refractivity contribution in [3.8, 4) is 0 Å².